The van der Waals surface area contributed by atoms with Crippen LogP contribution in [0.1, 0.15) is 84.5 Å². The van der Waals surface area contributed by atoms with E-state index in [4.69, 9.17) is 0 Å². The number of fused-ring (bicyclic) bond motifs is 1. The van der Waals surface area contributed by atoms with E-state index in [0.717, 1.165) is 4.90 Å². The van der Waals surface area contributed by atoms with Gasteiger partial charge in [0.1, 0.15) is 11.7 Å². The minimum absolute atomic E-state index is 0.0634. The Labute approximate surface area is 246 Å². The molecule has 1 saturated heterocycles. The van der Waals surface area contributed by atoms with Gasteiger partial charge < -0.3 is 15.5 Å². The van der Waals surface area contributed by atoms with E-state index in [2.05, 4.69) is 36.4 Å². The highest BCUT2D eigenvalue weighted by Gasteiger charge is 2.55. The van der Waals surface area contributed by atoms with Gasteiger partial charge in [0.05, 0.1) is 48.2 Å². The van der Waals surface area contributed by atoms with Crippen LogP contribution >= 0.6 is 0 Å². The number of nitrogens with zero attached hydrogens (tertiary/aromatic N) is 7. The standard InChI is InChI=1S/C27H28F5N9O3/c1-14-20(39-44-38-14)23(42)37-21(15-3-7-26(28,29)8-4-15)17-11-41-19(35-17)9-16(10-34-41)22(25(13-33)5-2-6-25)40-12-18(27(30,31)32)36-24(40)43/h9-11,15,18,21-22H,2-8,12H2,1H3,(H,36,43)(H,37,42)/t18-,21-,22?/m0/s1. The third kappa shape index (κ3) is 5.30. The minimum atomic E-state index is -4.67. The SMILES string of the molecule is Cc1nonc1C(=O)N[C@H](c1cn2ncc(C(N3C[C@@H](C(F)(F)F)NC3=O)C3(C#N)CCC3)cc2n1)C1CCC(F)(F)CC1. The van der Waals surface area contributed by atoms with E-state index >= 15 is 0 Å². The Hall–Kier alpha value is -4.36. The van der Waals surface area contributed by atoms with E-state index < -0.39 is 60.0 Å². The van der Waals surface area contributed by atoms with Gasteiger partial charge in [-0.05, 0) is 49.7 Å². The number of aryl methyl sites for hydroxylation is 1. The van der Waals surface area contributed by atoms with E-state index in [9.17, 15) is 36.8 Å². The van der Waals surface area contributed by atoms with Crippen molar-refractivity contribution >= 4 is 17.6 Å². The van der Waals surface area contributed by atoms with Crippen molar-refractivity contribution in [3.05, 3.63) is 41.1 Å². The zero-order valence-corrected chi connectivity index (χ0v) is 23.4. The number of carbonyl (C=O) groups is 2. The molecule has 6 rings (SSSR count). The number of alkyl halides is 5. The average Bonchev–Trinajstić information content (AvgIpc) is 3.67. The van der Waals surface area contributed by atoms with Crippen LogP contribution in [0.5, 0.6) is 0 Å². The van der Waals surface area contributed by atoms with Crippen LogP contribution in [0.15, 0.2) is 23.1 Å². The molecule has 3 aromatic heterocycles. The van der Waals surface area contributed by atoms with Crippen LogP contribution in [0.4, 0.5) is 26.7 Å². The molecule has 1 aliphatic heterocycles. The molecule has 2 saturated carbocycles. The molecular weight excluding hydrogens is 593 g/mol. The van der Waals surface area contributed by atoms with Gasteiger partial charge in [-0.1, -0.05) is 11.6 Å². The number of nitrogens with one attached hydrogen (secondary N) is 2. The first-order chi connectivity index (χ1) is 20.8. The van der Waals surface area contributed by atoms with Crippen molar-refractivity contribution in [3.63, 3.8) is 0 Å². The average molecular weight is 622 g/mol. The summed E-state index contributed by atoms with van der Waals surface area (Å²) in [6, 6.07) is -1.07. The third-order valence-corrected chi connectivity index (χ3v) is 9.02. The van der Waals surface area contributed by atoms with Crippen LogP contribution in [-0.2, 0) is 0 Å². The van der Waals surface area contributed by atoms with E-state index in [1.54, 1.807) is 6.07 Å². The molecule has 3 amide bonds. The number of amides is 3. The number of nitriles is 1. The van der Waals surface area contributed by atoms with E-state index in [-0.39, 0.29) is 42.7 Å². The lowest BCUT2D eigenvalue weighted by atomic mass is 9.63. The number of hydrogen-bond donors (Lipinski definition) is 2. The van der Waals surface area contributed by atoms with Gasteiger partial charge in [-0.3, -0.25) is 4.79 Å². The van der Waals surface area contributed by atoms with Crippen molar-refractivity contribution in [3.8, 4) is 6.07 Å². The van der Waals surface area contributed by atoms with Crippen molar-refractivity contribution in [1.82, 2.24) is 40.4 Å². The normalized spacial score (nSPS) is 23.1. The lowest BCUT2D eigenvalue weighted by molar-refractivity contribution is -0.150. The number of rotatable bonds is 7. The Kier molecular flexibility index (Phi) is 7.20. The van der Waals surface area contributed by atoms with E-state index in [1.807, 2.05) is 5.32 Å². The monoisotopic (exact) mass is 621 g/mol. The molecule has 0 bridgehead atoms. The van der Waals surface area contributed by atoms with Crippen LogP contribution < -0.4 is 10.6 Å². The predicted molar refractivity (Wildman–Crippen MR) is 139 cm³/mol. The van der Waals surface area contributed by atoms with Crippen LogP contribution in [0, 0.1) is 29.6 Å². The molecule has 0 spiro atoms. The summed E-state index contributed by atoms with van der Waals surface area (Å²) in [5, 5.41) is 26.5. The molecule has 3 atom stereocenters. The first-order valence-electron chi connectivity index (χ1n) is 14.2. The maximum atomic E-state index is 14.0. The van der Waals surface area contributed by atoms with Crippen molar-refractivity contribution in [1.29, 1.82) is 5.26 Å². The van der Waals surface area contributed by atoms with Crippen LogP contribution in [0.2, 0.25) is 0 Å². The van der Waals surface area contributed by atoms with Gasteiger partial charge in [-0.2, -0.15) is 23.5 Å². The molecule has 1 unspecified atom stereocenters. The summed E-state index contributed by atoms with van der Waals surface area (Å²) in [5.74, 6) is -3.84. The number of imidazole rings is 1. The second-order valence-corrected chi connectivity index (χ2v) is 11.8. The molecule has 0 radical (unpaired) electrons. The molecule has 2 N–H and O–H groups in total. The van der Waals surface area contributed by atoms with Gasteiger partial charge in [-0.15, -0.1) is 0 Å². The van der Waals surface area contributed by atoms with Gasteiger partial charge in [0.2, 0.25) is 5.92 Å². The Morgan fingerprint density at radius 1 is 1.23 bits per heavy atom. The largest absolute Gasteiger partial charge is 0.410 e. The number of halogens is 5. The van der Waals surface area contributed by atoms with Gasteiger partial charge in [-0.25, -0.2) is 27.7 Å². The summed E-state index contributed by atoms with van der Waals surface area (Å²) in [6.45, 7) is 0.861. The van der Waals surface area contributed by atoms with Crippen LogP contribution in [0.25, 0.3) is 5.65 Å². The van der Waals surface area contributed by atoms with Gasteiger partial charge in [0.25, 0.3) is 5.91 Å². The van der Waals surface area contributed by atoms with E-state index in [0.29, 0.717) is 30.5 Å². The smallest absolute Gasteiger partial charge is 0.342 e. The second kappa shape index (κ2) is 10.7. The summed E-state index contributed by atoms with van der Waals surface area (Å²) in [6.07, 6.45) is -0.815. The molecule has 3 fully saturated rings. The summed E-state index contributed by atoms with van der Waals surface area (Å²) >= 11 is 0. The van der Waals surface area contributed by atoms with Crippen LogP contribution in [-0.4, -0.2) is 66.4 Å². The highest BCUT2D eigenvalue weighted by molar-refractivity contribution is 5.93. The molecule has 4 heterocycles. The minimum Gasteiger partial charge on any atom is -0.342 e. The van der Waals surface area contributed by atoms with Crippen molar-refractivity contribution in [2.75, 3.05) is 6.54 Å². The quantitative estimate of drug-likeness (QED) is 0.368. The van der Waals surface area contributed by atoms with Crippen molar-refractivity contribution < 1.29 is 36.2 Å². The summed E-state index contributed by atoms with van der Waals surface area (Å²) in [7, 11) is 0. The summed E-state index contributed by atoms with van der Waals surface area (Å²) < 4.78 is 74.6. The fraction of sp³-hybridized carbons (Fsp3) is 0.593. The molecule has 17 heteroatoms. The zero-order valence-electron chi connectivity index (χ0n) is 23.4. The first-order valence-corrected chi connectivity index (χ1v) is 14.2. The molecule has 3 aliphatic rings. The maximum absolute atomic E-state index is 14.0. The van der Waals surface area contributed by atoms with Gasteiger partial charge in [0.15, 0.2) is 11.3 Å². The Morgan fingerprint density at radius 3 is 2.52 bits per heavy atom. The fourth-order valence-electron chi connectivity index (χ4n) is 6.45. The molecule has 3 aromatic rings. The van der Waals surface area contributed by atoms with Crippen molar-refractivity contribution in [2.45, 2.75) is 82.1 Å². The Morgan fingerprint density at radius 2 is 1.95 bits per heavy atom. The van der Waals surface area contributed by atoms with Crippen molar-refractivity contribution in [2.24, 2.45) is 11.3 Å². The topological polar surface area (TPSA) is 154 Å². The highest BCUT2D eigenvalue weighted by atomic mass is 19.4. The number of urea groups is 1. The summed E-state index contributed by atoms with van der Waals surface area (Å²) in [5.41, 5.74) is -0.0479. The van der Waals surface area contributed by atoms with Gasteiger partial charge >= 0.3 is 12.2 Å². The molecule has 2 aliphatic carbocycles. The zero-order chi connectivity index (χ0) is 31.4. The fourth-order valence-corrected chi connectivity index (χ4v) is 6.45. The maximum Gasteiger partial charge on any atom is 0.410 e. The van der Waals surface area contributed by atoms with E-state index in [1.165, 1.54) is 23.8 Å². The Balaban J connectivity index is 1.35. The lowest BCUT2D eigenvalue weighted by Gasteiger charge is -2.45. The lowest BCUT2D eigenvalue weighted by Crippen LogP contribution is -2.46. The molecule has 44 heavy (non-hydrogen) atoms. The second-order valence-electron chi connectivity index (χ2n) is 11.8. The third-order valence-electron chi connectivity index (χ3n) is 9.02. The molecule has 12 nitrogen and oxygen atoms in total. The predicted octanol–water partition coefficient (Wildman–Crippen LogP) is 4.41. The summed E-state index contributed by atoms with van der Waals surface area (Å²) in [4.78, 5) is 31.5. The number of hydrogen-bond acceptors (Lipinski definition) is 8. The van der Waals surface area contributed by atoms with Gasteiger partial charge in [0, 0.05) is 18.4 Å². The number of carbonyl (C=O) groups excluding carboxylic acids is 2. The highest BCUT2D eigenvalue weighted by Crippen LogP contribution is 2.53. The first kappa shape index (κ1) is 29.7. The molecule has 0 aromatic carbocycles. The Bertz CT molecular complexity index is 1620. The molecular formula is C27H28F5N9O3. The molecule has 234 valence electrons. The number of aromatic nitrogens is 5. The van der Waals surface area contributed by atoms with Crippen LogP contribution in [0.3, 0.4) is 0 Å².